The number of nitrogens with one attached hydrogen (secondary N) is 1. The summed E-state index contributed by atoms with van der Waals surface area (Å²) >= 11 is 1.54. The van der Waals surface area contributed by atoms with Gasteiger partial charge in [0.25, 0.3) is 0 Å². The molecule has 1 unspecified atom stereocenters. The first kappa shape index (κ1) is 25.3. The molecule has 10 heteroatoms. The lowest BCUT2D eigenvalue weighted by Crippen LogP contribution is -2.59. The molecule has 4 heterocycles. The SMILES string of the molecule is C[C@@H](Oc1cc(-c2ccc(N3CCN(C(=O)O)C(C(C)(C)C)C3)cn2)cc2ncsc12)[C@H]1CNC(=O)C1. The van der Waals surface area contributed by atoms with E-state index >= 15 is 0 Å². The van der Waals surface area contributed by atoms with Gasteiger partial charge in [0.05, 0.1) is 39.3 Å². The van der Waals surface area contributed by atoms with Gasteiger partial charge in [0.2, 0.25) is 5.91 Å². The van der Waals surface area contributed by atoms with Crippen LogP contribution < -0.4 is 15.0 Å². The van der Waals surface area contributed by atoms with E-state index in [-0.39, 0.29) is 29.4 Å². The van der Waals surface area contributed by atoms with Gasteiger partial charge in [-0.3, -0.25) is 9.78 Å². The number of hydrogen-bond acceptors (Lipinski definition) is 7. The lowest BCUT2D eigenvalue weighted by atomic mass is 9.84. The summed E-state index contributed by atoms with van der Waals surface area (Å²) in [7, 11) is 0. The molecule has 37 heavy (non-hydrogen) atoms. The number of carbonyl (C=O) groups excluding carboxylic acids is 1. The van der Waals surface area contributed by atoms with Crippen LogP contribution in [0.5, 0.6) is 5.75 Å². The third kappa shape index (κ3) is 5.20. The van der Waals surface area contributed by atoms with Gasteiger partial charge in [0.15, 0.2) is 0 Å². The monoisotopic (exact) mass is 523 g/mol. The number of ether oxygens (including phenoxy) is 1. The van der Waals surface area contributed by atoms with Crippen LogP contribution in [0.15, 0.2) is 36.0 Å². The van der Waals surface area contributed by atoms with E-state index in [1.165, 1.54) is 11.3 Å². The minimum Gasteiger partial charge on any atom is -0.489 e. The van der Waals surface area contributed by atoms with Gasteiger partial charge >= 0.3 is 6.09 Å². The van der Waals surface area contributed by atoms with Crippen molar-refractivity contribution in [1.29, 1.82) is 0 Å². The summed E-state index contributed by atoms with van der Waals surface area (Å²) in [6.45, 7) is 10.6. The zero-order valence-electron chi connectivity index (χ0n) is 21.6. The van der Waals surface area contributed by atoms with Crippen LogP contribution in [0, 0.1) is 11.3 Å². The molecule has 3 aromatic rings. The van der Waals surface area contributed by atoms with Gasteiger partial charge in [0.1, 0.15) is 11.9 Å². The van der Waals surface area contributed by atoms with Crippen molar-refractivity contribution >= 4 is 39.2 Å². The standard InChI is InChI=1S/C27H33N5O4S/c1-16(18-11-24(33)29-12-18)36-22-10-17(9-21-25(22)37-15-30-21)20-6-5-19(13-28-20)31-7-8-32(26(34)35)23(14-31)27(2,3)4/h5-6,9-10,13,15-16,18,23H,7-8,11-12,14H2,1-4H3,(H,29,33)(H,34,35)/t16-,18-,23?/m1/s1. The highest BCUT2D eigenvalue weighted by molar-refractivity contribution is 7.17. The van der Waals surface area contributed by atoms with Crippen LogP contribution in [0.25, 0.3) is 21.5 Å². The second-order valence-electron chi connectivity index (χ2n) is 11.0. The van der Waals surface area contributed by atoms with Gasteiger partial charge in [-0.25, -0.2) is 9.78 Å². The molecule has 5 rings (SSSR count). The molecular weight excluding hydrogens is 490 g/mol. The van der Waals surface area contributed by atoms with Gasteiger partial charge < -0.3 is 25.0 Å². The van der Waals surface area contributed by atoms with E-state index < -0.39 is 6.09 Å². The second-order valence-corrected chi connectivity index (χ2v) is 11.8. The van der Waals surface area contributed by atoms with Crippen LogP contribution in [0.1, 0.15) is 34.1 Å². The molecule has 0 spiro atoms. The molecule has 0 saturated carbocycles. The average Bonchev–Trinajstić information content (AvgIpc) is 3.52. The number of nitrogens with zero attached hydrogens (tertiary/aromatic N) is 4. The lowest BCUT2D eigenvalue weighted by molar-refractivity contribution is -0.119. The fraction of sp³-hybridized carbons (Fsp3) is 0.481. The molecule has 9 nitrogen and oxygen atoms in total. The smallest absolute Gasteiger partial charge is 0.407 e. The number of thiazole rings is 1. The number of aromatic nitrogens is 2. The van der Waals surface area contributed by atoms with Gasteiger partial charge in [-0.1, -0.05) is 20.8 Å². The minimum atomic E-state index is -0.867. The summed E-state index contributed by atoms with van der Waals surface area (Å²) in [6.07, 6.45) is 1.35. The predicted molar refractivity (Wildman–Crippen MR) is 144 cm³/mol. The molecule has 2 aliphatic rings. The molecule has 2 aliphatic heterocycles. The van der Waals surface area contributed by atoms with Crippen LogP contribution >= 0.6 is 11.3 Å². The first-order valence-electron chi connectivity index (χ1n) is 12.6. The highest BCUT2D eigenvalue weighted by atomic mass is 32.1. The Bertz CT molecular complexity index is 1300. The van der Waals surface area contributed by atoms with Crippen molar-refractivity contribution < 1.29 is 19.4 Å². The van der Waals surface area contributed by atoms with Crippen molar-refractivity contribution in [2.75, 3.05) is 31.1 Å². The maximum absolute atomic E-state index is 11.8. The topological polar surface area (TPSA) is 108 Å². The Morgan fingerprint density at radius 2 is 2.05 bits per heavy atom. The summed E-state index contributed by atoms with van der Waals surface area (Å²) in [5, 5.41) is 12.5. The first-order chi connectivity index (χ1) is 17.6. The lowest BCUT2D eigenvalue weighted by Gasteiger charge is -2.46. The largest absolute Gasteiger partial charge is 0.489 e. The van der Waals surface area contributed by atoms with Crippen LogP contribution in [0.2, 0.25) is 0 Å². The minimum absolute atomic E-state index is 0.0691. The van der Waals surface area contributed by atoms with Gasteiger partial charge in [0, 0.05) is 44.1 Å². The van der Waals surface area contributed by atoms with Crippen LogP contribution in [-0.4, -0.2) is 70.3 Å². The van der Waals surface area contributed by atoms with Crippen molar-refractivity contribution in [3.8, 4) is 17.0 Å². The summed E-state index contributed by atoms with van der Waals surface area (Å²) < 4.78 is 7.34. The molecular formula is C27H33N5O4S. The number of fused-ring (bicyclic) bond motifs is 1. The van der Waals surface area contributed by atoms with E-state index in [1.807, 2.05) is 42.9 Å². The molecule has 2 saturated heterocycles. The Balaban J connectivity index is 1.37. The maximum Gasteiger partial charge on any atom is 0.407 e. The number of amides is 2. The molecule has 0 radical (unpaired) electrons. The Morgan fingerprint density at radius 1 is 1.24 bits per heavy atom. The Labute approximate surface area is 220 Å². The van der Waals surface area contributed by atoms with Crippen LogP contribution in [-0.2, 0) is 4.79 Å². The zero-order valence-corrected chi connectivity index (χ0v) is 22.4. The van der Waals surface area contributed by atoms with Crippen molar-refractivity contribution in [3.63, 3.8) is 0 Å². The number of carboxylic acid groups (broad SMARTS) is 1. The summed E-state index contributed by atoms with van der Waals surface area (Å²) in [6, 6.07) is 7.95. The van der Waals surface area contributed by atoms with Crippen LogP contribution in [0.3, 0.4) is 0 Å². The van der Waals surface area contributed by atoms with E-state index in [2.05, 4.69) is 36.0 Å². The molecule has 2 aromatic heterocycles. The fourth-order valence-electron chi connectivity index (χ4n) is 5.16. The van der Waals surface area contributed by atoms with Gasteiger partial charge in [-0.2, -0.15) is 0 Å². The molecule has 0 aliphatic carbocycles. The third-order valence-electron chi connectivity index (χ3n) is 7.42. The van der Waals surface area contributed by atoms with E-state index in [4.69, 9.17) is 9.72 Å². The summed E-state index contributed by atoms with van der Waals surface area (Å²) in [5.41, 5.74) is 5.19. The van der Waals surface area contributed by atoms with Gasteiger partial charge in [-0.05, 0) is 36.6 Å². The molecule has 1 aromatic carbocycles. The number of benzene rings is 1. The Kier molecular flexibility index (Phi) is 6.70. The second kappa shape index (κ2) is 9.81. The van der Waals surface area contributed by atoms with Crippen molar-refractivity contribution in [1.82, 2.24) is 20.2 Å². The number of rotatable bonds is 5. The number of carbonyl (C=O) groups is 2. The molecule has 0 bridgehead atoms. The summed E-state index contributed by atoms with van der Waals surface area (Å²) in [4.78, 5) is 36.5. The highest BCUT2D eigenvalue weighted by Gasteiger charge is 2.38. The van der Waals surface area contributed by atoms with Crippen molar-refractivity contribution in [2.45, 2.75) is 46.3 Å². The molecule has 3 atom stereocenters. The average molecular weight is 524 g/mol. The van der Waals surface area contributed by atoms with Crippen LogP contribution in [0.4, 0.5) is 10.5 Å². The van der Waals surface area contributed by atoms with E-state index in [9.17, 15) is 14.7 Å². The number of anilines is 1. The normalized spacial score (nSPS) is 21.2. The third-order valence-corrected chi connectivity index (χ3v) is 8.27. The van der Waals surface area contributed by atoms with E-state index in [1.54, 1.807) is 4.90 Å². The number of piperazine rings is 1. The number of pyridine rings is 1. The number of hydrogen-bond donors (Lipinski definition) is 2. The fourth-order valence-corrected chi connectivity index (χ4v) is 5.89. The van der Waals surface area contributed by atoms with E-state index in [0.717, 1.165) is 32.9 Å². The molecule has 2 amide bonds. The van der Waals surface area contributed by atoms with Gasteiger partial charge in [-0.15, -0.1) is 11.3 Å². The van der Waals surface area contributed by atoms with Crippen molar-refractivity contribution in [3.05, 3.63) is 36.0 Å². The summed E-state index contributed by atoms with van der Waals surface area (Å²) in [5.74, 6) is 0.959. The highest BCUT2D eigenvalue weighted by Crippen LogP contribution is 2.36. The quantitative estimate of drug-likeness (QED) is 0.508. The Morgan fingerprint density at radius 3 is 2.70 bits per heavy atom. The zero-order chi connectivity index (χ0) is 26.3. The molecule has 2 N–H and O–H groups in total. The Hall–Kier alpha value is -3.40. The predicted octanol–water partition coefficient (Wildman–Crippen LogP) is 4.48. The molecule has 196 valence electrons. The molecule has 2 fully saturated rings. The maximum atomic E-state index is 11.8. The van der Waals surface area contributed by atoms with E-state index in [0.29, 0.717) is 32.6 Å². The first-order valence-corrected chi connectivity index (χ1v) is 13.5. The van der Waals surface area contributed by atoms with Crippen molar-refractivity contribution in [2.24, 2.45) is 11.3 Å².